The van der Waals surface area contributed by atoms with Crippen LogP contribution < -0.4 is 11.2 Å². The first-order chi connectivity index (χ1) is 10.7. The second-order valence-corrected chi connectivity index (χ2v) is 7.23. The number of hydrogen-bond acceptors (Lipinski definition) is 5. The quantitative estimate of drug-likeness (QED) is 0.608. The van der Waals surface area contributed by atoms with Gasteiger partial charge in [0, 0.05) is 24.4 Å². The van der Waals surface area contributed by atoms with Gasteiger partial charge in [-0.05, 0) is 12.8 Å². The summed E-state index contributed by atoms with van der Waals surface area (Å²) in [7, 11) is 1.47. The van der Waals surface area contributed by atoms with Crippen molar-refractivity contribution in [3.63, 3.8) is 0 Å². The highest BCUT2D eigenvalue weighted by Crippen LogP contribution is 2.24. The van der Waals surface area contributed by atoms with Crippen molar-refractivity contribution in [2.45, 2.75) is 32.3 Å². The van der Waals surface area contributed by atoms with Crippen molar-refractivity contribution >= 4 is 34.4 Å². The molecule has 8 heteroatoms. The van der Waals surface area contributed by atoms with Crippen LogP contribution in [-0.2, 0) is 13.6 Å². The summed E-state index contributed by atoms with van der Waals surface area (Å²) in [5, 5.41) is 1.33. The second kappa shape index (κ2) is 6.88. The van der Waals surface area contributed by atoms with Gasteiger partial charge in [-0.1, -0.05) is 43.8 Å². The maximum Gasteiger partial charge on any atom is 0.332 e. The van der Waals surface area contributed by atoms with Gasteiger partial charge in [0.1, 0.15) is 16.2 Å². The minimum Gasteiger partial charge on any atom is -0.277 e. The molecule has 0 atom stereocenters. The molecule has 0 aromatic carbocycles. The molecule has 0 N–H and O–H groups in total. The maximum absolute atomic E-state index is 12.6. The zero-order chi connectivity index (χ0) is 17.3. The lowest BCUT2D eigenvalue weighted by molar-refractivity contribution is 0.498. The van der Waals surface area contributed by atoms with Crippen LogP contribution in [0.4, 0.5) is 0 Å². The lowest BCUT2D eigenvalue weighted by Crippen LogP contribution is -2.39. The number of aromatic nitrogens is 4. The molecule has 2 rings (SSSR count). The van der Waals surface area contributed by atoms with Crippen molar-refractivity contribution < 1.29 is 0 Å². The van der Waals surface area contributed by atoms with E-state index in [0.29, 0.717) is 39.2 Å². The third-order valence-corrected chi connectivity index (χ3v) is 4.53. The SMILES string of the molecule is C=C(Cl)CSc1nc(C)nc2c1c(=O)n(C)c(=O)n2CC(C)C. The zero-order valence-electron chi connectivity index (χ0n) is 13.6. The fourth-order valence-corrected chi connectivity index (χ4v) is 3.20. The third kappa shape index (κ3) is 3.67. The van der Waals surface area contributed by atoms with Crippen molar-refractivity contribution in [3.05, 3.63) is 38.3 Å². The van der Waals surface area contributed by atoms with E-state index in [1.807, 2.05) is 13.8 Å². The van der Waals surface area contributed by atoms with Gasteiger partial charge in [-0.15, -0.1) is 0 Å². The molecule has 6 nitrogen and oxygen atoms in total. The van der Waals surface area contributed by atoms with Crippen molar-refractivity contribution in [2.24, 2.45) is 13.0 Å². The molecule has 124 valence electrons. The van der Waals surface area contributed by atoms with Gasteiger partial charge < -0.3 is 0 Å². The maximum atomic E-state index is 12.6. The first-order valence-corrected chi connectivity index (χ1v) is 8.53. The van der Waals surface area contributed by atoms with E-state index in [-0.39, 0.29) is 11.6 Å². The van der Waals surface area contributed by atoms with Gasteiger partial charge in [0.15, 0.2) is 5.65 Å². The number of thioether (sulfide) groups is 1. The van der Waals surface area contributed by atoms with E-state index >= 15 is 0 Å². The fourth-order valence-electron chi connectivity index (χ4n) is 2.22. The highest BCUT2D eigenvalue weighted by Gasteiger charge is 2.18. The van der Waals surface area contributed by atoms with Crippen molar-refractivity contribution in [3.8, 4) is 0 Å². The summed E-state index contributed by atoms with van der Waals surface area (Å²) in [6, 6.07) is 0. The summed E-state index contributed by atoms with van der Waals surface area (Å²) >= 11 is 7.14. The van der Waals surface area contributed by atoms with E-state index in [0.717, 1.165) is 4.57 Å². The molecule has 0 saturated carbocycles. The van der Waals surface area contributed by atoms with E-state index in [2.05, 4.69) is 16.5 Å². The average molecular weight is 355 g/mol. The van der Waals surface area contributed by atoms with Crippen LogP contribution in [0.25, 0.3) is 11.0 Å². The van der Waals surface area contributed by atoms with Crippen LogP contribution in [0.3, 0.4) is 0 Å². The molecule has 2 aromatic heterocycles. The lowest BCUT2D eigenvalue weighted by atomic mass is 10.2. The average Bonchev–Trinajstić information content (AvgIpc) is 2.46. The normalized spacial score (nSPS) is 11.4. The van der Waals surface area contributed by atoms with Gasteiger partial charge in [0.25, 0.3) is 5.56 Å². The highest BCUT2D eigenvalue weighted by atomic mass is 35.5. The Morgan fingerprint density at radius 2 is 2.00 bits per heavy atom. The number of fused-ring (bicyclic) bond motifs is 1. The van der Waals surface area contributed by atoms with Gasteiger partial charge >= 0.3 is 5.69 Å². The topological polar surface area (TPSA) is 69.8 Å². The molecule has 0 fully saturated rings. The number of halogens is 1. The van der Waals surface area contributed by atoms with Crippen LogP contribution in [0, 0.1) is 12.8 Å². The standard InChI is InChI=1S/C15H19ClN4O2S/c1-8(2)6-20-12-11(14(21)19(5)15(20)22)13(18-10(4)17-12)23-7-9(3)16/h8H,3,6-7H2,1-2,4-5H3. The largest absolute Gasteiger partial charge is 0.332 e. The van der Waals surface area contributed by atoms with Gasteiger partial charge in [0.2, 0.25) is 0 Å². The molecular formula is C15H19ClN4O2S. The van der Waals surface area contributed by atoms with E-state index in [9.17, 15) is 9.59 Å². The van der Waals surface area contributed by atoms with E-state index in [1.165, 1.54) is 23.4 Å². The molecule has 0 saturated heterocycles. The Kier molecular flexibility index (Phi) is 5.31. The predicted molar refractivity (Wildman–Crippen MR) is 94.3 cm³/mol. The second-order valence-electron chi connectivity index (χ2n) is 5.73. The van der Waals surface area contributed by atoms with Crippen molar-refractivity contribution in [1.82, 2.24) is 19.1 Å². The molecule has 0 aliphatic heterocycles. The van der Waals surface area contributed by atoms with Crippen LogP contribution in [-0.4, -0.2) is 24.9 Å². The molecule has 0 spiro atoms. The number of nitrogens with zero attached hydrogens (tertiary/aromatic N) is 4. The molecule has 0 aliphatic carbocycles. The fraction of sp³-hybridized carbons (Fsp3) is 0.467. The molecule has 0 radical (unpaired) electrons. The molecule has 0 unspecified atom stereocenters. The molecule has 0 bridgehead atoms. The molecular weight excluding hydrogens is 336 g/mol. The lowest BCUT2D eigenvalue weighted by Gasteiger charge is -2.15. The Morgan fingerprint density at radius 1 is 1.35 bits per heavy atom. The van der Waals surface area contributed by atoms with E-state index < -0.39 is 5.56 Å². The molecule has 23 heavy (non-hydrogen) atoms. The number of rotatable bonds is 5. The summed E-state index contributed by atoms with van der Waals surface area (Å²) in [6.45, 7) is 9.87. The first-order valence-electron chi connectivity index (χ1n) is 7.16. The number of hydrogen-bond donors (Lipinski definition) is 0. The Balaban J connectivity index is 2.85. The number of aryl methyl sites for hydroxylation is 1. The summed E-state index contributed by atoms with van der Waals surface area (Å²) in [5.41, 5.74) is -0.387. The summed E-state index contributed by atoms with van der Waals surface area (Å²) in [5.74, 6) is 1.17. The Bertz CT molecular complexity index is 886. The minimum absolute atomic E-state index is 0.238. The summed E-state index contributed by atoms with van der Waals surface area (Å²) in [6.07, 6.45) is 0. The van der Waals surface area contributed by atoms with Crippen LogP contribution in [0.1, 0.15) is 19.7 Å². The van der Waals surface area contributed by atoms with E-state index in [1.54, 1.807) is 6.92 Å². The summed E-state index contributed by atoms with van der Waals surface area (Å²) < 4.78 is 2.64. The zero-order valence-corrected chi connectivity index (χ0v) is 15.2. The van der Waals surface area contributed by atoms with Gasteiger partial charge in [-0.2, -0.15) is 0 Å². The Labute approximate surface area is 143 Å². The molecule has 0 aliphatic rings. The van der Waals surface area contributed by atoms with Crippen LogP contribution in [0.2, 0.25) is 0 Å². The van der Waals surface area contributed by atoms with Crippen LogP contribution in [0.15, 0.2) is 26.2 Å². The third-order valence-electron chi connectivity index (χ3n) is 3.17. The van der Waals surface area contributed by atoms with Crippen molar-refractivity contribution in [2.75, 3.05) is 5.75 Å². The molecule has 2 aromatic rings. The van der Waals surface area contributed by atoms with Gasteiger partial charge in [-0.3, -0.25) is 13.9 Å². The van der Waals surface area contributed by atoms with Gasteiger partial charge in [-0.25, -0.2) is 14.8 Å². The van der Waals surface area contributed by atoms with Gasteiger partial charge in [0.05, 0.1) is 0 Å². The highest BCUT2D eigenvalue weighted by molar-refractivity contribution is 7.99. The monoisotopic (exact) mass is 354 g/mol. The minimum atomic E-state index is -0.396. The Hall–Kier alpha value is -1.60. The first kappa shape index (κ1) is 17.7. The summed E-state index contributed by atoms with van der Waals surface area (Å²) in [4.78, 5) is 33.7. The molecule has 2 heterocycles. The molecule has 0 amide bonds. The van der Waals surface area contributed by atoms with Crippen molar-refractivity contribution in [1.29, 1.82) is 0 Å². The van der Waals surface area contributed by atoms with Crippen LogP contribution in [0.5, 0.6) is 0 Å². The van der Waals surface area contributed by atoms with E-state index in [4.69, 9.17) is 11.6 Å². The van der Waals surface area contributed by atoms with Crippen LogP contribution >= 0.6 is 23.4 Å². The smallest absolute Gasteiger partial charge is 0.277 e. The Morgan fingerprint density at radius 3 is 2.57 bits per heavy atom. The predicted octanol–water partition coefficient (Wildman–Crippen LogP) is 2.30.